The second-order valence-electron chi connectivity index (χ2n) is 3.73. The first-order valence-electron chi connectivity index (χ1n) is 4.77. The van der Waals surface area contributed by atoms with E-state index in [0.717, 1.165) is 0 Å². The summed E-state index contributed by atoms with van der Waals surface area (Å²) in [7, 11) is 0. The molecule has 0 aliphatic heterocycles. The highest BCUT2D eigenvalue weighted by molar-refractivity contribution is 6.30. The van der Waals surface area contributed by atoms with Crippen LogP contribution in [-0.2, 0) is 5.41 Å². The normalized spacial score (nSPS) is 13.6. The van der Waals surface area contributed by atoms with Crippen LogP contribution in [0.2, 0.25) is 5.02 Å². The van der Waals surface area contributed by atoms with Gasteiger partial charge in [-0.2, -0.15) is 10.5 Å². The fraction of sp³-hybridized carbons (Fsp3) is 0.333. The number of benzene rings is 1. The predicted molar refractivity (Wildman–Crippen MR) is 59.2 cm³/mol. The Morgan fingerprint density at radius 3 is 2.62 bits per heavy atom. The summed E-state index contributed by atoms with van der Waals surface area (Å²) in [5.74, 6) is -0.505. The van der Waals surface area contributed by atoms with Crippen LogP contribution in [-0.4, -0.2) is 0 Å². The minimum Gasteiger partial charge on any atom is -0.207 e. The fourth-order valence-corrected chi connectivity index (χ4v) is 1.65. The molecule has 16 heavy (non-hydrogen) atoms. The van der Waals surface area contributed by atoms with Gasteiger partial charge >= 0.3 is 0 Å². The number of nitrogens with zero attached hydrogens (tertiary/aromatic N) is 2. The summed E-state index contributed by atoms with van der Waals surface area (Å²) in [5.41, 5.74) is -0.695. The lowest BCUT2D eigenvalue weighted by Gasteiger charge is -2.21. The van der Waals surface area contributed by atoms with Crippen molar-refractivity contribution >= 4 is 11.6 Å². The molecule has 82 valence electrons. The first-order chi connectivity index (χ1) is 7.53. The Kier molecular flexibility index (Phi) is 3.88. The molecule has 0 N–H and O–H groups in total. The minimum atomic E-state index is -0.982. The summed E-state index contributed by atoms with van der Waals surface area (Å²) >= 11 is 5.64. The summed E-state index contributed by atoms with van der Waals surface area (Å²) in [4.78, 5) is 0. The standard InChI is InChI=1S/C12H10ClFN2/c1-12(8-16,5-2-6-15)10-4-3-9(13)7-11(10)14/h3-4,7H,2,5H2,1H3. The number of rotatable bonds is 3. The van der Waals surface area contributed by atoms with Crippen molar-refractivity contribution in [1.29, 1.82) is 10.5 Å². The monoisotopic (exact) mass is 236 g/mol. The van der Waals surface area contributed by atoms with Crippen LogP contribution >= 0.6 is 11.6 Å². The van der Waals surface area contributed by atoms with Gasteiger partial charge in [-0.3, -0.25) is 0 Å². The van der Waals surface area contributed by atoms with E-state index in [9.17, 15) is 4.39 Å². The molecule has 1 aromatic carbocycles. The van der Waals surface area contributed by atoms with Crippen LogP contribution in [0.1, 0.15) is 25.3 Å². The highest BCUT2D eigenvalue weighted by Crippen LogP contribution is 2.31. The van der Waals surface area contributed by atoms with Crippen molar-refractivity contribution in [2.24, 2.45) is 0 Å². The summed E-state index contributed by atoms with van der Waals surface area (Å²) < 4.78 is 13.6. The maximum atomic E-state index is 13.6. The smallest absolute Gasteiger partial charge is 0.129 e. The van der Waals surface area contributed by atoms with Gasteiger partial charge in [0.1, 0.15) is 5.82 Å². The molecule has 0 bridgehead atoms. The number of hydrogen-bond donors (Lipinski definition) is 0. The summed E-state index contributed by atoms with van der Waals surface area (Å²) in [6, 6.07) is 8.24. The molecule has 0 saturated heterocycles. The Balaban J connectivity index is 3.14. The van der Waals surface area contributed by atoms with Gasteiger partial charge in [-0.05, 0) is 25.5 Å². The van der Waals surface area contributed by atoms with Crippen molar-refractivity contribution in [3.63, 3.8) is 0 Å². The molecule has 0 saturated carbocycles. The van der Waals surface area contributed by atoms with Crippen molar-refractivity contribution < 1.29 is 4.39 Å². The van der Waals surface area contributed by atoms with Crippen molar-refractivity contribution in [2.45, 2.75) is 25.2 Å². The zero-order valence-corrected chi connectivity index (χ0v) is 9.55. The van der Waals surface area contributed by atoms with Gasteiger partial charge in [0.25, 0.3) is 0 Å². The molecule has 1 unspecified atom stereocenters. The molecule has 0 spiro atoms. The van der Waals surface area contributed by atoms with E-state index >= 15 is 0 Å². The minimum absolute atomic E-state index is 0.214. The first-order valence-corrected chi connectivity index (χ1v) is 5.15. The number of halogens is 2. The van der Waals surface area contributed by atoms with Crippen LogP contribution < -0.4 is 0 Å². The van der Waals surface area contributed by atoms with Gasteiger partial charge in [0, 0.05) is 17.0 Å². The molecule has 0 fully saturated rings. The van der Waals surface area contributed by atoms with Crippen LogP contribution in [0.5, 0.6) is 0 Å². The molecule has 0 heterocycles. The molecule has 1 aromatic rings. The molecule has 0 aliphatic carbocycles. The van der Waals surface area contributed by atoms with Crippen molar-refractivity contribution in [3.05, 3.63) is 34.6 Å². The van der Waals surface area contributed by atoms with E-state index in [2.05, 4.69) is 6.07 Å². The van der Waals surface area contributed by atoms with E-state index in [0.29, 0.717) is 11.4 Å². The molecule has 0 radical (unpaired) electrons. The van der Waals surface area contributed by atoms with Crippen molar-refractivity contribution in [1.82, 2.24) is 0 Å². The Bertz CT molecular complexity index is 473. The lowest BCUT2D eigenvalue weighted by molar-refractivity contribution is 0.512. The molecule has 2 nitrogen and oxygen atoms in total. The van der Waals surface area contributed by atoms with Gasteiger partial charge in [-0.1, -0.05) is 17.7 Å². The lowest BCUT2D eigenvalue weighted by atomic mass is 9.80. The Morgan fingerprint density at radius 2 is 2.12 bits per heavy atom. The van der Waals surface area contributed by atoms with E-state index in [1.165, 1.54) is 12.1 Å². The maximum Gasteiger partial charge on any atom is 0.129 e. The van der Waals surface area contributed by atoms with E-state index in [1.807, 2.05) is 6.07 Å². The second-order valence-corrected chi connectivity index (χ2v) is 4.16. The SMILES string of the molecule is CC(C#N)(CCC#N)c1ccc(Cl)cc1F. The molecule has 0 amide bonds. The highest BCUT2D eigenvalue weighted by Gasteiger charge is 2.29. The largest absolute Gasteiger partial charge is 0.207 e. The average molecular weight is 237 g/mol. The molecule has 0 aromatic heterocycles. The summed E-state index contributed by atoms with van der Waals surface area (Å²) in [6.07, 6.45) is 0.519. The van der Waals surface area contributed by atoms with Gasteiger partial charge in [-0.25, -0.2) is 4.39 Å². The molecule has 1 rings (SSSR count). The predicted octanol–water partition coefficient (Wildman–Crippen LogP) is 3.56. The third-order valence-electron chi connectivity index (χ3n) is 2.51. The van der Waals surface area contributed by atoms with Crippen LogP contribution in [0.3, 0.4) is 0 Å². The van der Waals surface area contributed by atoms with E-state index in [-0.39, 0.29) is 12.0 Å². The van der Waals surface area contributed by atoms with E-state index < -0.39 is 11.2 Å². The van der Waals surface area contributed by atoms with Crippen LogP contribution in [0.15, 0.2) is 18.2 Å². The number of hydrogen-bond acceptors (Lipinski definition) is 2. The topological polar surface area (TPSA) is 47.6 Å². The van der Waals surface area contributed by atoms with Crippen LogP contribution in [0, 0.1) is 28.5 Å². The zero-order valence-electron chi connectivity index (χ0n) is 8.80. The Morgan fingerprint density at radius 1 is 1.44 bits per heavy atom. The van der Waals surface area contributed by atoms with Crippen molar-refractivity contribution in [3.8, 4) is 12.1 Å². The van der Waals surface area contributed by atoms with Crippen molar-refractivity contribution in [2.75, 3.05) is 0 Å². The molecular formula is C12H10ClFN2. The van der Waals surface area contributed by atoms with Gasteiger partial charge in [0.2, 0.25) is 0 Å². The third-order valence-corrected chi connectivity index (χ3v) is 2.74. The molecule has 1 atom stereocenters. The van der Waals surface area contributed by atoms with E-state index in [4.69, 9.17) is 22.1 Å². The highest BCUT2D eigenvalue weighted by atomic mass is 35.5. The van der Waals surface area contributed by atoms with Gasteiger partial charge in [0.15, 0.2) is 0 Å². The van der Waals surface area contributed by atoms with Gasteiger partial charge in [-0.15, -0.1) is 0 Å². The van der Waals surface area contributed by atoms with E-state index in [1.54, 1.807) is 13.0 Å². The van der Waals surface area contributed by atoms with Gasteiger partial charge < -0.3 is 0 Å². The molecule has 0 aliphatic rings. The molecular weight excluding hydrogens is 227 g/mol. The first kappa shape index (κ1) is 12.5. The lowest BCUT2D eigenvalue weighted by Crippen LogP contribution is -2.21. The average Bonchev–Trinajstić information content (AvgIpc) is 2.26. The Hall–Kier alpha value is -1.58. The van der Waals surface area contributed by atoms with Crippen LogP contribution in [0.25, 0.3) is 0 Å². The van der Waals surface area contributed by atoms with Crippen LogP contribution in [0.4, 0.5) is 4.39 Å². The number of nitriles is 2. The quantitative estimate of drug-likeness (QED) is 0.806. The Labute approximate surface area is 98.9 Å². The maximum absolute atomic E-state index is 13.6. The molecule has 4 heteroatoms. The summed E-state index contributed by atoms with van der Waals surface area (Å²) in [5, 5.41) is 17.9. The zero-order chi connectivity index (χ0) is 12.2. The second kappa shape index (κ2) is 4.96. The fourth-order valence-electron chi connectivity index (χ4n) is 1.49. The third kappa shape index (κ3) is 2.51. The summed E-state index contributed by atoms with van der Waals surface area (Å²) in [6.45, 7) is 1.62. The van der Waals surface area contributed by atoms with Gasteiger partial charge in [0.05, 0.1) is 17.6 Å².